The molecule has 2 amide bonds. The Morgan fingerprint density at radius 2 is 2.00 bits per heavy atom. The molecule has 1 saturated heterocycles. The molecule has 136 valence electrons. The number of aromatic amines is 1. The minimum atomic E-state index is -0.891. The zero-order chi connectivity index (χ0) is 19.0. The number of nitrogens with one attached hydrogen (secondary N) is 3. The van der Waals surface area contributed by atoms with Crippen LogP contribution in [-0.4, -0.2) is 23.6 Å². The van der Waals surface area contributed by atoms with Gasteiger partial charge in [-0.3, -0.25) is 9.59 Å². The Kier molecular flexibility index (Phi) is 4.54. The van der Waals surface area contributed by atoms with E-state index in [1.165, 1.54) is 0 Å². The van der Waals surface area contributed by atoms with Crippen molar-refractivity contribution < 1.29 is 14.3 Å². The van der Waals surface area contributed by atoms with E-state index in [2.05, 4.69) is 22.2 Å². The highest BCUT2D eigenvalue weighted by molar-refractivity contribution is 5.87. The first-order valence-corrected chi connectivity index (χ1v) is 8.39. The van der Waals surface area contributed by atoms with Gasteiger partial charge in [-0.15, -0.1) is 0 Å². The highest BCUT2D eigenvalue weighted by atomic mass is 16.5. The van der Waals surface area contributed by atoms with Gasteiger partial charge in [0.15, 0.2) is 0 Å². The maximum atomic E-state index is 12.7. The average Bonchev–Trinajstić information content (AvgIpc) is 2.57. The normalized spacial score (nSPS) is 19.8. The third-order valence-corrected chi connectivity index (χ3v) is 4.72. The predicted molar refractivity (Wildman–Crippen MR) is 97.7 cm³/mol. The summed E-state index contributed by atoms with van der Waals surface area (Å²) in [6.45, 7) is 9.54. The van der Waals surface area contributed by atoms with Crippen LogP contribution in [0.15, 0.2) is 35.3 Å². The van der Waals surface area contributed by atoms with Crippen LogP contribution in [0.2, 0.25) is 0 Å². The third-order valence-electron chi connectivity index (χ3n) is 4.72. The highest BCUT2D eigenvalue weighted by Gasteiger charge is 2.40. The lowest BCUT2D eigenvalue weighted by molar-refractivity contribution is -0.147. The maximum absolute atomic E-state index is 12.7. The van der Waals surface area contributed by atoms with Crippen molar-refractivity contribution in [3.63, 3.8) is 0 Å². The van der Waals surface area contributed by atoms with Crippen molar-refractivity contribution in [2.24, 2.45) is 5.92 Å². The molecule has 0 spiro atoms. The molecule has 2 heterocycles. The van der Waals surface area contributed by atoms with Gasteiger partial charge in [-0.05, 0) is 43.4 Å². The summed E-state index contributed by atoms with van der Waals surface area (Å²) in [5, 5.41) is 5.96. The van der Waals surface area contributed by atoms with E-state index in [4.69, 9.17) is 4.74 Å². The molecule has 2 atom stereocenters. The van der Waals surface area contributed by atoms with E-state index in [1.807, 2.05) is 26.0 Å². The Morgan fingerprint density at radius 3 is 2.69 bits per heavy atom. The Hall–Kier alpha value is -3.09. The predicted octanol–water partition coefficient (Wildman–Crippen LogP) is 2.19. The van der Waals surface area contributed by atoms with Gasteiger partial charge in [0, 0.05) is 11.3 Å². The molecule has 3 N–H and O–H groups in total. The quantitative estimate of drug-likeness (QED) is 0.735. The summed E-state index contributed by atoms with van der Waals surface area (Å²) in [4.78, 5) is 39.9. The van der Waals surface area contributed by atoms with E-state index in [0.29, 0.717) is 0 Å². The molecule has 26 heavy (non-hydrogen) atoms. The second-order valence-corrected chi connectivity index (χ2v) is 6.36. The van der Waals surface area contributed by atoms with Crippen molar-refractivity contribution in [1.29, 1.82) is 0 Å². The number of ether oxygens (including phenoxy) is 1. The number of pyridine rings is 1. The molecule has 7 nitrogen and oxygen atoms in total. The number of fused-ring (bicyclic) bond motifs is 1. The number of rotatable bonds is 3. The Morgan fingerprint density at radius 1 is 1.27 bits per heavy atom. The fourth-order valence-electron chi connectivity index (χ4n) is 3.23. The van der Waals surface area contributed by atoms with Gasteiger partial charge in [-0.2, -0.15) is 0 Å². The Balaban J connectivity index is 2.15. The summed E-state index contributed by atoms with van der Waals surface area (Å²) in [5.74, 6) is -1.44. The van der Waals surface area contributed by atoms with Gasteiger partial charge in [0.1, 0.15) is 5.92 Å². The van der Waals surface area contributed by atoms with Gasteiger partial charge in [0.2, 0.25) is 0 Å². The van der Waals surface area contributed by atoms with Gasteiger partial charge < -0.3 is 20.4 Å². The first-order chi connectivity index (χ1) is 12.3. The second kappa shape index (κ2) is 6.67. The van der Waals surface area contributed by atoms with Crippen LogP contribution in [0.5, 0.6) is 0 Å². The van der Waals surface area contributed by atoms with Gasteiger partial charge >= 0.3 is 12.0 Å². The topological polar surface area (TPSA) is 100 Å². The lowest BCUT2D eigenvalue weighted by Crippen LogP contribution is -2.52. The Bertz CT molecular complexity index is 977. The molecular formula is C19H21N3O4. The van der Waals surface area contributed by atoms with E-state index >= 15 is 0 Å². The lowest BCUT2D eigenvalue weighted by Gasteiger charge is -2.32. The molecule has 0 saturated carbocycles. The standard InChI is InChI=1S/C19H21N3O4/c1-5-26-18(24)14-11(4)20-19(25)22-16(14)13-8-12-7-6-9(2)10(3)15(12)21-17(13)23/h6-8,14,16H,4-5H2,1-3H3,(H,21,23)(H2,20,22,25)/t14-,16+/m1/s1. The van der Waals surface area contributed by atoms with Crippen molar-refractivity contribution in [2.45, 2.75) is 26.8 Å². The maximum Gasteiger partial charge on any atom is 0.319 e. The van der Waals surface area contributed by atoms with Crippen LogP contribution < -0.4 is 16.2 Å². The van der Waals surface area contributed by atoms with Crippen LogP contribution >= 0.6 is 0 Å². The van der Waals surface area contributed by atoms with Gasteiger partial charge in [0.05, 0.1) is 18.2 Å². The van der Waals surface area contributed by atoms with Crippen molar-refractivity contribution in [3.8, 4) is 0 Å². The van der Waals surface area contributed by atoms with Crippen LogP contribution in [0.4, 0.5) is 4.79 Å². The largest absolute Gasteiger partial charge is 0.465 e. The lowest BCUT2D eigenvalue weighted by atomic mass is 9.89. The molecule has 1 aliphatic heterocycles. The van der Waals surface area contributed by atoms with E-state index in [9.17, 15) is 14.4 Å². The second-order valence-electron chi connectivity index (χ2n) is 6.36. The number of urea groups is 1. The zero-order valence-corrected chi connectivity index (χ0v) is 14.9. The number of carbonyl (C=O) groups is 2. The number of H-pyrrole nitrogens is 1. The molecule has 3 rings (SSSR count). The Labute approximate surface area is 150 Å². The molecule has 1 fully saturated rings. The number of amides is 2. The van der Waals surface area contributed by atoms with Crippen LogP contribution in [-0.2, 0) is 9.53 Å². The van der Waals surface area contributed by atoms with E-state index in [-0.39, 0.29) is 23.4 Å². The fourth-order valence-corrected chi connectivity index (χ4v) is 3.23. The first kappa shape index (κ1) is 17.7. The molecule has 0 radical (unpaired) electrons. The SMILES string of the molecule is C=C1NC(=O)N[C@@H](c2cc3ccc(C)c(C)c3[nH]c2=O)[C@@H]1C(=O)OCC. The summed E-state index contributed by atoms with van der Waals surface area (Å²) in [6.07, 6.45) is 0. The molecule has 2 aromatic rings. The molecular weight excluding hydrogens is 334 g/mol. The minimum absolute atomic E-state index is 0.190. The summed E-state index contributed by atoms with van der Waals surface area (Å²) in [5.41, 5.74) is 2.92. The van der Waals surface area contributed by atoms with Gasteiger partial charge in [0.25, 0.3) is 5.56 Å². The molecule has 1 aromatic carbocycles. The molecule has 7 heteroatoms. The molecule has 0 bridgehead atoms. The summed E-state index contributed by atoms with van der Waals surface area (Å²) >= 11 is 0. The molecule has 0 unspecified atom stereocenters. The van der Waals surface area contributed by atoms with Gasteiger partial charge in [-0.25, -0.2) is 4.79 Å². The van der Waals surface area contributed by atoms with E-state index in [0.717, 1.165) is 22.0 Å². The summed E-state index contributed by atoms with van der Waals surface area (Å²) in [7, 11) is 0. The van der Waals surface area contributed by atoms with Crippen molar-refractivity contribution in [1.82, 2.24) is 15.6 Å². The smallest absolute Gasteiger partial charge is 0.319 e. The minimum Gasteiger partial charge on any atom is -0.465 e. The number of benzene rings is 1. The van der Waals surface area contributed by atoms with Crippen LogP contribution in [0, 0.1) is 19.8 Å². The van der Waals surface area contributed by atoms with Crippen molar-refractivity contribution in [3.05, 3.63) is 57.5 Å². The summed E-state index contributed by atoms with van der Waals surface area (Å²) < 4.78 is 5.10. The van der Waals surface area contributed by atoms with Crippen LogP contribution in [0.25, 0.3) is 10.9 Å². The number of hydrogen-bond donors (Lipinski definition) is 3. The summed E-state index contributed by atoms with van der Waals surface area (Å²) in [6, 6.07) is 4.19. The number of hydrogen-bond acceptors (Lipinski definition) is 4. The fraction of sp³-hybridized carbons (Fsp3) is 0.316. The molecule has 0 aliphatic carbocycles. The molecule has 1 aliphatic rings. The number of aryl methyl sites for hydroxylation is 2. The van der Waals surface area contributed by atoms with E-state index in [1.54, 1.807) is 13.0 Å². The van der Waals surface area contributed by atoms with E-state index < -0.39 is 24.0 Å². The molecule has 1 aromatic heterocycles. The monoisotopic (exact) mass is 355 g/mol. The number of aromatic nitrogens is 1. The number of carbonyl (C=O) groups excluding carboxylic acids is 2. The highest BCUT2D eigenvalue weighted by Crippen LogP contribution is 2.30. The number of esters is 1. The van der Waals surface area contributed by atoms with Crippen LogP contribution in [0.3, 0.4) is 0 Å². The first-order valence-electron chi connectivity index (χ1n) is 8.39. The zero-order valence-electron chi connectivity index (χ0n) is 14.9. The average molecular weight is 355 g/mol. The van der Waals surface area contributed by atoms with Crippen molar-refractivity contribution >= 4 is 22.9 Å². The van der Waals surface area contributed by atoms with Crippen LogP contribution in [0.1, 0.15) is 29.7 Å². The van der Waals surface area contributed by atoms with Crippen molar-refractivity contribution in [2.75, 3.05) is 6.61 Å². The van der Waals surface area contributed by atoms with Gasteiger partial charge in [-0.1, -0.05) is 18.7 Å². The third kappa shape index (κ3) is 2.96.